The second kappa shape index (κ2) is 9.35. The summed E-state index contributed by atoms with van der Waals surface area (Å²) >= 11 is 0. The van der Waals surface area contributed by atoms with Crippen LogP contribution in [-0.4, -0.2) is 77.5 Å². The summed E-state index contributed by atoms with van der Waals surface area (Å²) in [4.78, 5) is 25.5. The second-order valence-electron chi connectivity index (χ2n) is 9.71. The van der Waals surface area contributed by atoms with Gasteiger partial charge in [-0.2, -0.15) is 0 Å². The summed E-state index contributed by atoms with van der Waals surface area (Å²) in [5, 5.41) is 23.7. The molecule has 1 saturated heterocycles. The van der Waals surface area contributed by atoms with Gasteiger partial charge >= 0.3 is 5.97 Å². The van der Waals surface area contributed by atoms with Crippen LogP contribution < -0.4 is 15.8 Å². The van der Waals surface area contributed by atoms with Gasteiger partial charge in [0, 0.05) is 31.2 Å². The normalized spacial score (nSPS) is 33.5. The molecule has 0 unspecified atom stereocenters. The largest absolute Gasteiger partial charge is 0.504 e. The highest BCUT2D eigenvalue weighted by molar-refractivity contribution is 5.85. The summed E-state index contributed by atoms with van der Waals surface area (Å²) in [5.74, 6) is -0.925. The average Bonchev–Trinajstić information content (AvgIpc) is 3.11. The molecule has 2 bridgehead atoms. The molecule has 1 aromatic carbocycles. The number of carboxylic acid groups (broad SMARTS) is 1. The third-order valence-corrected chi connectivity index (χ3v) is 8.45. The smallest absolute Gasteiger partial charge is 0.320 e. The number of carbonyl (C=O) groups is 2. The van der Waals surface area contributed by atoms with Gasteiger partial charge < -0.3 is 30.3 Å². The highest BCUT2D eigenvalue weighted by Crippen LogP contribution is 2.66. The molecule has 190 valence electrons. The molecule has 2 fully saturated rings. The van der Waals surface area contributed by atoms with Gasteiger partial charge in [-0.1, -0.05) is 6.07 Å². The zero-order chi connectivity index (χ0) is 22.8. The molecule has 2 aliphatic heterocycles. The number of rotatable bonds is 7. The van der Waals surface area contributed by atoms with Gasteiger partial charge in [0.05, 0.1) is 11.0 Å². The number of aromatic hydroxyl groups is 1. The van der Waals surface area contributed by atoms with E-state index in [1.165, 1.54) is 0 Å². The molecule has 5 rings (SSSR count). The maximum Gasteiger partial charge on any atom is 0.320 e. The third kappa shape index (κ3) is 3.47. The summed E-state index contributed by atoms with van der Waals surface area (Å²) in [5.41, 5.74) is 6.48. The molecule has 6 atom stereocenters. The summed E-state index contributed by atoms with van der Waals surface area (Å²) in [6, 6.07) is 2.66. The number of phenols is 1. The SMILES string of the molecule is CO[C@@]12CC[C@H](N[C@@H](CCC(N)=O)C(=O)O)[C@@H]3Oc4c(O)ccc5c4[C@@]31CCN(C)[C@@H]2C5.Cl.Cl. The molecule has 0 radical (unpaired) electrons. The Morgan fingerprint density at radius 3 is 2.74 bits per heavy atom. The first-order valence-electron chi connectivity index (χ1n) is 11.3. The van der Waals surface area contributed by atoms with Crippen molar-refractivity contribution in [1.82, 2.24) is 10.2 Å². The van der Waals surface area contributed by atoms with Crippen molar-refractivity contribution >= 4 is 36.7 Å². The van der Waals surface area contributed by atoms with Crippen molar-refractivity contribution in [2.45, 2.75) is 73.8 Å². The standard InChI is InChI=1S/C23H31N3O6.2ClH/c1-26-10-9-22-18-12-3-5-15(27)19(18)32-20(22)13(7-8-23(22,31-2)16(26)11-12)25-14(21(29)30)4-6-17(24)28;;/h3,5,13-14,16,20,25,27H,4,6-11H2,1-2H3,(H2,24,28)(H,29,30);2*1H/t13-,14-,16+,20-,22-,23+;;/m0../s1. The maximum absolute atomic E-state index is 11.9. The van der Waals surface area contributed by atoms with Crippen LogP contribution in [0.1, 0.15) is 43.2 Å². The second-order valence-corrected chi connectivity index (χ2v) is 9.71. The van der Waals surface area contributed by atoms with Gasteiger partial charge in [0.1, 0.15) is 12.1 Å². The summed E-state index contributed by atoms with van der Waals surface area (Å²) < 4.78 is 12.9. The fourth-order valence-corrected chi connectivity index (χ4v) is 7.13. The fourth-order valence-electron chi connectivity index (χ4n) is 7.13. The van der Waals surface area contributed by atoms with Gasteiger partial charge in [-0.3, -0.25) is 14.9 Å². The van der Waals surface area contributed by atoms with Crippen molar-refractivity contribution in [1.29, 1.82) is 0 Å². The number of piperidine rings is 1. The molecule has 1 amide bonds. The Labute approximate surface area is 211 Å². The van der Waals surface area contributed by atoms with Crippen LogP contribution in [-0.2, 0) is 26.2 Å². The Bertz CT molecular complexity index is 980. The van der Waals surface area contributed by atoms with Crippen LogP contribution in [0, 0.1) is 0 Å². The minimum atomic E-state index is -1.02. The number of hydrogen-bond acceptors (Lipinski definition) is 7. The van der Waals surface area contributed by atoms with Crippen molar-refractivity contribution in [2.24, 2.45) is 5.73 Å². The average molecular weight is 518 g/mol. The van der Waals surface area contributed by atoms with E-state index in [1.807, 2.05) is 6.07 Å². The van der Waals surface area contributed by atoms with E-state index in [-0.39, 0.29) is 61.6 Å². The minimum Gasteiger partial charge on any atom is -0.504 e. The highest BCUT2D eigenvalue weighted by atomic mass is 35.5. The Balaban J connectivity index is 0.00000162. The molecule has 5 N–H and O–H groups in total. The van der Waals surface area contributed by atoms with Gasteiger partial charge in [-0.25, -0.2) is 0 Å². The van der Waals surface area contributed by atoms with E-state index in [1.54, 1.807) is 13.2 Å². The van der Waals surface area contributed by atoms with E-state index in [4.69, 9.17) is 15.2 Å². The number of hydrogen-bond donors (Lipinski definition) is 4. The van der Waals surface area contributed by atoms with Crippen molar-refractivity contribution in [2.75, 3.05) is 20.7 Å². The van der Waals surface area contributed by atoms with Crippen LogP contribution in [0.5, 0.6) is 11.5 Å². The maximum atomic E-state index is 11.9. The molecular formula is C23H33Cl2N3O6. The Hall–Kier alpha value is -1.78. The zero-order valence-corrected chi connectivity index (χ0v) is 20.9. The lowest BCUT2D eigenvalue weighted by molar-refractivity contribution is -0.204. The number of likely N-dealkylation sites (N-methyl/N-ethyl adjacent to an activating group) is 1. The van der Waals surface area contributed by atoms with E-state index in [0.29, 0.717) is 12.2 Å². The molecule has 2 heterocycles. The van der Waals surface area contributed by atoms with Crippen LogP contribution in [0.2, 0.25) is 0 Å². The number of nitrogens with two attached hydrogens (primary N) is 1. The fraction of sp³-hybridized carbons (Fsp3) is 0.652. The number of likely N-dealkylation sites (tertiary alicyclic amines) is 1. The predicted octanol–water partition coefficient (Wildman–Crippen LogP) is 1.35. The molecule has 1 spiro atoms. The third-order valence-electron chi connectivity index (χ3n) is 8.45. The van der Waals surface area contributed by atoms with Crippen molar-refractivity contribution in [3.8, 4) is 11.5 Å². The molecule has 4 aliphatic rings. The summed E-state index contributed by atoms with van der Waals surface area (Å²) in [7, 11) is 3.89. The monoisotopic (exact) mass is 517 g/mol. The van der Waals surface area contributed by atoms with Crippen LogP contribution in [0.3, 0.4) is 0 Å². The lowest BCUT2D eigenvalue weighted by Gasteiger charge is -2.65. The summed E-state index contributed by atoms with van der Waals surface area (Å²) in [6.45, 7) is 0.862. The van der Waals surface area contributed by atoms with Gasteiger partial charge in [-0.05, 0) is 57.3 Å². The van der Waals surface area contributed by atoms with E-state index < -0.39 is 28.9 Å². The van der Waals surface area contributed by atoms with Crippen LogP contribution >= 0.6 is 24.8 Å². The quantitative estimate of drug-likeness (QED) is 0.425. The van der Waals surface area contributed by atoms with Crippen LogP contribution in [0.4, 0.5) is 0 Å². The van der Waals surface area contributed by atoms with Gasteiger partial charge in [0.2, 0.25) is 5.91 Å². The first kappa shape index (κ1) is 26.8. The van der Waals surface area contributed by atoms with Gasteiger partial charge in [0.15, 0.2) is 11.5 Å². The number of carbonyl (C=O) groups excluding carboxylic acids is 1. The molecule has 0 aromatic heterocycles. The summed E-state index contributed by atoms with van der Waals surface area (Å²) in [6.07, 6.45) is 2.74. The predicted molar refractivity (Wildman–Crippen MR) is 129 cm³/mol. The molecular weight excluding hydrogens is 485 g/mol. The molecule has 1 aromatic rings. The lowest BCUT2D eigenvalue weighted by Crippen LogP contribution is -2.78. The van der Waals surface area contributed by atoms with Crippen molar-refractivity contribution in [3.63, 3.8) is 0 Å². The number of carboxylic acids is 1. The molecule has 9 nitrogen and oxygen atoms in total. The topological polar surface area (TPSA) is 134 Å². The lowest BCUT2D eigenvalue weighted by atomic mass is 9.48. The Morgan fingerprint density at radius 2 is 2.09 bits per heavy atom. The molecule has 1 saturated carbocycles. The van der Waals surface area contributed by atoms with Gasteiger partial charge in [0.25, 0.3) is 0 Å². The van der Waals surface area contributed by atoms with E-state index in [0.717, 1.165) is 36.9 Å². The number of benzene rings is 1. The number of ether oxygens (including phenoxy) is 2. The van der Waals surface area contributed by atoms with E-state index in [2.05, 4.69) is 17.3 Å². The molecule has 11 heteroatoms. The highest BCUT2D eigenvalue weighted by Gasteiger charge is 2.73. The number of nitrogens with zero attached hydrogens (tertiary/aromatic N) is 1. The van der Waals surface area contributed by atoms with Gasteiger partial charge in [-0.15, -0.1) is 24.8 Å². The molecule has 2 aliphatic carbocycles. The molecule has 34 heavy (non-hydrogen) atoms. The number of nitrogens with one attached hydrogen (secondary N) is 1. The van der Waals surface area contributed by atoms with Crippen molar-refractivity contribution in [3.05, 3.63) is 23.3 Å². The van der Waals surface area contributed by atoms with E-state index >= 15 is 0 Å². The number of phenolic OH excluding ortho intramolecular Hbond substituents is 1. The Morgan fingerprint density at radius 1 is 1.35 bits per heavy atom. The first-order valence-corrected chi connectivity index (χ1v) is 11.3. The number of methoxy groups -OCH3 is 1. The van der Waals surface area contributed by atoms with Crippen LogP contribution in [0.15, 0.2) is 12.1 Å². The van der Waals surface area contributed by atoms with Crippen molar-refractivity contribution < 1.29 is 29.3 Å². The minimum absolute atomic E-state index is 0. The number of halogens is 2. The van der Waals surface area contributed by atoms with Crippen LogP contribution in [0.25, 0.3) is 0 Å². The zero-order valence-electron chi connectivity index (χ0n) is 19.3. The Kier molecular flexibility index (Phi) is 7.38. The van der Waals surface area contributed by atoms with E-state index in [9.17, 15) is 19.8 Å². The number of primary amides is 1. The number of amides is 1. The number of aliphatic carboxylic acids is 1. The first-order chi connectivity index (χ1) is 15.2.